The lowest BCUT2D eigenvalue weighted by atomic mass is 9.87. The van der Waals surface area contributed by atoms with Crippen LogP contribution in [-0.4, -0.2) is 17.0 Å². The largest absolute Gasteiger partial charge is 0.478 e. The summed E-state index contributed by atoms with van der Waals surface area (Å²) in [5.74, 6) is -1.50. The Labute approximate surface area is 106 Å². The van der Waals surface area contributed by atoms with Gasteiger partial charge in [0.1, 0.15) is 5.75 Å². The molecule has 0 aliphatic rings. The highest BCUT2D eigenvalue weighted by Crippen LogP contribution is 2.24. The molecule has 0 aliphatic carbocycles. The van der Waals surface area contributed by atoms with Gasteiger partial charge in [0.05, 0.1) is 0 Å². The third-order valence-corrected chi connectivity index (χ3v) is 2.30. The van der Waals surface area contributed by atoms with Crippen LogP contribution in [0, 0.1) is 0 Å². The molecule has 0 heterocycles. The Balaban J connectivity index is 2.70. The van der Waals surface area contributed by atoms with Crippen LogP contribution in [0.3, 0.4) is 0 Å². The molecule has 0 bridgehead atoms. The Kier molecular flexibility index (Phi) is 4.26. The van der Waals surface area contributed by atoms with Crippen molar-refractivity contribution in [3.8, 4) is 5.75 Å². The second-order valence-corrected chi connectivity index (χ2v) is 4.87. The molecule has 0 saturated heterocycles. The fraction of sp³-hybridized carbons (Fsp3) is 0.286. The summed E-state index contributed by atoms with van der Waals surface area (Å²) in [6.07, 6.45) is 1.62. The summed E-state index contributed by atoms with van der Waals surface area (Å²) >= 11 is 0. The Morgan fingerprint density at radius 2 is 1.67 bits per heavy atom. The predicted octanol–water partition coefficient (Wildman–Crippen LogP) is 2.53. The van der Waals surface area contributed by atoms with E-state index in [9.17, 15) is 9.59 Å². The summed E-state index contributed by atoms with van der Waals surface area (Å²) in [6.45, 7) is 6.26. The molecule has 18 heavy (non-hydrogen) atoms. The maximum Gasteiger partial charge on any atom is 0.336 e. The van der Waals surface area contributed by atoms with E-state index in [0.29, 0.717) is 5.75 Å². The fourth-order valence-electron chi connectivity index (χ4n) is 1.31. The van der Waals surface area contributed by atoms with Crippen molar-refractivity contribution in [3.63, 3.8) is 0 Å². The van der Waals surface area contributed by atoms with Gasteiger partial charge in [-0.1, -0.05) is 32.9 Å². The number of hydrogen-bond donors (Lipinski definition) is 1. The van der Waals surface area contributed by atoms with Crippen molar-refractivity contribution in [2.45, 2.75) is 26.2 Å². The van der Waals surface area contributed by atoms with Crippen molar-refractivity contribution < 1.29 is 19.4 Å². The highest BCUT2D eigenvalue weighted by molar-refractivity contribution is 5.91. The van der Waals surface area contributed by atoms with Crippen molar-refractivity contribution in [2.24, 2.45) is 0 Å². The molecule has 0 fully saturated rings. The van der Waals surface area contributed by atoms with Gasteiger partial charge in [0.25, 0.3) is 0 Å². The maximum absolute atomic E-state index is 11.2. The lowest BCUT2D eigenvalue weighted by Crippen LogP contribution is -2.11. The average molecular weight is 248 g/mol. The molecule has 0 unspecified atom stereocenters. The summed E-state index contributed by atoms with van der Waals surface area (Å²) in [5, 5.41) is 8.36. The molecular weight excluding hydrogens is 232 g/mol. The minimum absolute atomic E-state index is 0.0335. The Morgan fingerprint density at radius 3 is 2.11 bits per heavy atom. The van der Waals surface area contributed by atoms with Gasteiger partial charge in [0, 0.05) is 12.2 Å². The van der Waals surface area contributed by atoms with Crippen LogP contribution in [0.1, 0.15) is 26.3 Å². The van der Waals surface area contributed by atoms with Crippen LogP contribution in [0.4, 0.5) is 0 Å². The first-order valence-corrected chi connectivity index (χ1v) is 5.52. The van der Waals surface area contributed by atoms with Crippen LogP contribution in [0.2, 0.25) is 0 Å². The molecule has 0 saturated carbocycles. The summed E-state index contributed by atoms with van der Waals surface area (Å²) in [7, 11) is 0. The molecule has 4 nitrogen and oxygen atoms in total. The minimum atomic E-state index is -1.19. The number of carbonyl (C=O) groups is 2. The number of hydrogen-bond acceptors (Lipinski definition) is 3. The summed E-state index contributed by atoms with van der Waals surface area (Å²) in [5.41, 5.74) is 1.16. The van der Waals surface area contributed by atoms with Crippen LogP contribution in [0.25, 0.3) is 0 Å². The van der Waals surface area contributed by atoms with Crippen molar-refractivity contribution in [1.29, 1.82) is 0 Å². The Bertz CT molecular complexity index is 464. The molecule has 0 aliphatic heterocycles. The Hall–Kier alpha value is -2.10. The zero-order chi connectivity index (χ0) is 13.8. The highest BCUT2D eigenvalue weighted by Gasteiger charge is 2.13. The van der Waals surface area contributed by atoms with Gasteiger partial charge in [0.2, 0.25) is 0 Å². The van der Waals surface area contributed by atoms with Crippen molar-refractivity contribution in [3.05, 3.63) is 42.0 Å². The molecule has 4 heteroatoms. The van der Waals surface area contributed by atoms with Crippen molar-refractivity contribution >= 4 is 11.9 Å². The zero-order valence-corrected chi connectivity index (χ0v) is 10.6. The summed E-state index contributed by atoms with van der Waals surface area (Å²) in [6, 6.07) is 7.13. The van der Waals surface area contributed by atoms with Crippen LogP contribution in [0.5, 0.6) is 5.75 Å². The number of carbonyl (C=O) groups excluding carboxylic acids is 1. The number of aliphatic carboxylic acids is 1. The average Bonchev–Trinajstić information content (AvgIpc) is 2.26. The zero-order valence-electron chi connectivity index (χ0n) is 10.6. The van der Waals surface area contributed by atoms with Gasteiger partial charge in [-0.15, -0.1) is 0 Å². The van der Waals surface area contributed by atoms with E-state index in [2.05, 4.69) is 20.8 Å². The normalized spacial score (nSPS) is 11.5. The molecule has 0 aromatic heterocycles. The van der Waals surface area contributed by atoms with Crippen LogP contribution < -0.4 is 4.74 Å². The smallest absolute Gasteiger partial charge is 0.336 e. The molecule has 0 radical (unpaired) electrons. The van der Waals surface area contributed by atoms with Gasteiger partial charge >= 0.3 is 11.9 Å². The number of benzene rings is 1. The van der Waals surface area contributed by atoms with Crippen molar-refractivity contribution in [2.75, 3.05) is 0 Å². The lowest BCUT2D eigenvalue weighted by Gasteiger charge is -2.18. The topological polar surface area (TPSA) is 63.6 Å². The van der Waals surface area contributed by atoms with Gasteiger partial charge < -0.3 is 9.84 Å². The van der Waals surface area contributed by atoms with Gasteiger partial charge in [0.15, 0.2) is 0 Å². The first-order chi connectivity index (χ1) is 8.29. The molecule has 1 N–H and O–H groups in total. The number of ether oxygens (including phenoxy) is 1. The maximum atomic E-state index is 11.2. The van der Waals surface area contributed by atoms with Gasteiger partial charge in [-0.2, -0.15) is 0 Å². The van der Waals surface area contributed by atoms with E-state index in [0.717, 1.165) is 17.7 Å². The van der Waals surface area contributed by atoms with Crippen molar-refractivity contribution in [1.82, 2.24) is 0 Å². The number of esters is 1. The number of rotatable bonds is 3. The Morgan fingerprint density at radius 1 is 1.11 bits per heavy atom. The molecule has 0 atom stereocenters. The minimum Gasteiger partial charge on any atom is -0.478 e. The SMILES string of the molecule is CC(C)(C)c1ccc(OC(=O)/C=C\C(=O)O)cc1. The van der Waals surface area contributed by atoms with E-state index >= 15 is 0 Å². The van der Waals surface area contributed by atoms with E-state index in [4.69, 9.17) is 9.84 Å². The van der Waals surface area contributed by atoms with Gasteiger partial charge in [-0.3, -0.25) is 0 Å². The molecule has 1 rings (SSSR count). The number of carboxylic acid groups (broad SMARTS) is 1. The van der Waals surface area contributed by atoms with E-state index in [1.54, 1.807) is 12.1 Å². The van der Waals surface area contributed by atoms with E-state index in [1.807, 2.05) is 12.1 Å². The molecule has 0 spiro atoms. The van der Waals surface area contributed by atoms with E-state index in [1.165, 1.54) is 0 Å². The highest BCUT2D eigenvalue weighted by atomic mass is 16.5. The van der Waals surface area contributed by atoms with Crippen LogP contribution in [0.15, 0.2) is 36.4 Å². The third-order valence-electron chi connectivity index (χ3n) is 2.30. The quantitative estimate of drug-likeness (QED) is 0.507. The van der Waals surface area contributed by atoms with Gasteiger partial charge in [-0.25, -0.2) is 9.59 Å². The number of carboxylic acids is 1. The molecule has 0 amide bonds. The van der Waals surface area contributed by atoms with E-state index < -0.39 is 11.9 Å². The molecule has 1 aromatic carbocycles. The predicted molar refractivity (Wildman–Crippen MR) is 67.6 cm³/mol. The second-order valence-electron chi connectivity index (χ2n) is 4.87. The third kappa shape index (κ3) is 4.41. The summed E-state index contributed by atoms with van der Waals surface area (Å²) < 4.78 is 4.94. The second kappa shape index (κ2) is 5.49. The van der Waals surface area contributed by atoms with Gasteiger partial charge in [-0.05, 0) is 23.1 Å². The lowest BCUT2D eigenvalue weighted by molar-refractivity contribution is -0.133. The van der Waals surface area contributed by atoms with E-state index in [-0.39, 0.29) is 5.41 Å². The summed E-state index contributed by atoms with van der Waals surface area (Å²) in [4.78, 5) is 21.4. The first kappa shape index (κ1) is 14.0. The molecular formula is C14H16O4. The monoisotopic (exact) mass is 248 g/mol. The fourth-order valence-corrected chi connectivity index (χ4v) is 1.31. The molecule has 1 aromatic rings. The standard InChI is InChI=1S/C14H16O4/c1-14(2,3)10-4-6-11(7-5-10)18-13(17)9-8-12(15)16/h4-9H,1-3H3,(H,15,16)/b9-8-. The molecule has 96 valence electrons. The van der Waals surface area contributed by atoms with Crippen LogP contribution >= 0.6 is 0 Å². The van der Waals surface area contributed by atoms with Crippen LogP contribution in [-0.2, 0) is 15.0 Å². The first-order valence-electron chi connectivity index (χ1n) is 5.52.